The van der Waals surface area contributed by atoms with Crippen LogP contribution < -0.4 is 0 Å². The van der Waals surface area contributed by atoms with E-state index >= 15 is 0 Å². The van der Waals surface area contributed by atoms with E-state index < -0.39 is 11.9 Å². The zero-order valence-corrected chi connectivity index (χ0v) is 17.5. The van der Waals surface area contributed by atoms with Gasteiger partial charge in [0.15, 0.2) is 0 Å². The highest BCUT2D eigenvalue weighted by molar-refractivity contribution is 5.89. The number of hydrogen-bond acceptors (Lipinski definition) is 6. The van der Waals surface area contributed by atoms with Gasteiger partial charge in [-0.05, 0) is 42.7 Å². The van der Waals surface area contributed by atoms with Gasteiger partial charge in [0, 0.05) is 44.9 Å². The summed E-state index contributed by atoms with van der Waals surface area (Å²) in [4.78, 5) is 24.1. The fourth-order valence-electron chi connectivity index (χ4n) is 3.71. The number of allylic oxidation sites excluding steroid dienone is 1. The first-order valence-corrected chi connectivity index (χ1v) is 10.2. The Morgan fingerprint density at radius 3 is 2.42 bits per heavy atom. The number of likely N-dealkylation sites (N-methyl/N-ethyl adjacent to an activating group) is 1. The highest BCUT2D eigenvalue weighted by Crippen LogP contribution is 2.33. The van der Waals surface area contributed by atoms with Crippen LogP contribution in [0, 0.1) is 0 Å². The molecule has 1 aromatic carbocycles. The zero-order chi connectivity index (χ0) is 22.2. The van der Waals surface area contributed by atoms with Crippen molar-refractivity contribution in [1.29, 1.82) is 0 Å². The third-order valence-corrected chi connectivity index (χ3v) is 5.38. The van der Waals surface area contributed by atoms with Gasteiger partial charge in [0.05, 0.1) is 18.1 Å². The van der Waals surface area contributed by atoms with Gasteiger partial charge < -0.3 is 20.0 Å². The maximum absolute atomic E-state index is 9.55. The summed E-state index contributed by atoms with van der Waals surface area (Å²) >= 11 is 0. The van der Waals surface area contributed by atoms with Crippen LogP contribution >= 0.6 is 0 Å². The van der Waals surface area contributed by atoms with E-state index in [0.717, 1.165) is 25.1 Å². The van der Waals surface area contributed by atoms with Gasteiger partial charge in [-0.3, -0.25) is 0 Å². The molecule has 1 aromatic heterocycles. The van der Waals surface area contributed by atoms with E-state index in [0.29, 0.717) is 12.2 Å². The highest BCUT2D eigenvalue weighted by atomic mass is 16.4. The normalized spacial score (nSPS) is 16.5. The fourth-order valence-corrected chi connectivity index (χ4v) is 3.71. The van der Waals surface area contributed by atoms with Crippen LogP contribution in [-0.2, 0) is 16.0 Å². The Hall–Kier alpha value is -3.30. The second kappa shape index (κ2) is 10.6. The molecule has 0 saturated carbocycles. The minimum Gasteiger partial charge on any atom is -0.478 e. The van der Waals surface area contributed by atoms with Crippen LogP contribution in [0.2, 0.25) is 0 Å². The minimum absolute atomic E-state index is 0.558. The van der Waals surface area contributed by atoms with Crippen LogP contribution in [-0.4, -0.2) is 86.7 Å². The predicted molar refractivity (Wildman–Crippen MR) is 116 cm³/mol. The largest absolute Gasteiger partial charge is 0.478 e. The van der Waals surface area contributed by atoms with Gasteiger partial charge in [-0.2, -0.15) is 0 Å². The van der Waals surface area contributed by atoms with Gasteiger partial charge >= 0.3 is 11.9 Å². The van der Waals surface area contributed by atoms with E-state index in [9.17, 15) is 9.59 Å². The number of piperazine rings is 1. The number of rotatable bonds is 6. The molecular weight excluding hydrogens is 398 g/mol. The molecule has 0 radical (unpaired) electrons. The number of nitrogens with zero attached hydrogens (tertiary/aromatic N) is 5. The molecule has 1 fully saturated rings. The molecule has 0 amide bonds. The molecule has 4 rings (SSSR count). The van der Waals surface area contributed by atoms with Gasteiger partial charge in [0.2, 0.25) is 0 Å². The quantitative estimate of drug-likeness (QED) is 0.671. The molecule has 1 saturated heterocycles. The van der Waals surface area contributed by atoms with Crippen molar-refractivity contribution < 1.29 is 19.8 Å². The first-order valence-electron chi connectivity index (χ1n) is 10.2. The summed E-state index contributed by atoms with van der Waals surface area (Å²) in [6, 6.07) is 6.51. The number of benzene rings is 1. The first-order chi connectivity index (χ1) is 14.9. The number of fused-ring (bicyclic) bond motifs is 1. The van der Waals surface area contributed by atoms with Crippen molar-refractivity contribution in [2.45, 2.75) is 12.8 Å². The van der Waals surface area contributed by atoms with Crippen molar-refractivity contribution in [3.05, 3.63) is 59.9 Å². The third kappa shape index (κ3) is 6.34. The van der Waals surface area contributed by atoms with Gasteiger partial charge in [0.1, 0.15) is 0 Å². The monoisotopic (exact) mass is 425 g/mol. The summed E-state index contributed by atoms with van der Waals surface area (Å²) < 4.78 is 1.87. The van der Waals surface area contributed by atoms with Crippen LogP contribution in [0.25, 0.3) is 11.3 Å². The number of carbonyl (C=O) groups is 2. The Kier molecular flexibility index (Phi) is 7.69. The highest BCUT2D eigenvalue weighted by Gasteiger charge is 2.20. The van der Waals surface area contributed by atoms with E-state index in [1.165, 1.54) is 42.9 Å². The summed E-state index contributed by atoms with van der Waals surface area (Å²) in [5.74, 6) is -2.51. The van der Waals surface area contributed by atoms with Gasteiger partial charge in [-0.25, -0.2) is 14.3 Å². The lowest BCUT2D eigenvalue weighted by Crippen LogP contribution is -2.44. The molecule has 2 aliphatic rings. The molecule has 9 nitrogen and oxygen atoms in total. The second-order valence-electron chi connectivity index (χ2n) is 7.49. The third-order valence-electron chi connectivity index (χ3n) is 5.38. The van der Waals surface area contributed by atoms with Crippen molar-refractivity contribution in [3.8, 4) is 5.69 Å². The van der Waals surface area contributed by atoms with Gasteiger partial charge in [-0.1, -0.05) is 23.4 Å². The van der Waals surface area contributed by atoms with E-state index in [1.807, 2.05) is 10.9 Å². The molecule has 2 N–H and O–H groups in total. The minimum atomic E-state index is -1.26. The maximum Gasteiger partial charge on any atom is 0.328 e. The van der Waals surface area contributed by atoms with Crippen molar-refractivity contribution in [3.63, 3.8) is 0 Å². The summed E-state index contributed by atoms with van der Waals surface area (Å²) in [6.45, 7) is 5.91. The van der Waals surface area contributed by atoms with Crippen LogP contribution in [0.15, 0.2) is 48.8 Å². The number of aliphatic carboxylic acids is 2. The molecule has 31 heavy (non-hydrogen) atoms. The summed E-state index contributed by atoms with van der Waals surface area (Å²) in [5.41, 5.74) is 5.42. The van der Waals surface area contributed by atoms with E-state index in [1.54, 1.807) is 6.20 Å². The summed E-state index contributed by atoms with van der Waals surface area (Å²) in [7, 11) is 2.21. The first kappa shape index (κ1) is 22.4. The Morgan fingerprint density at radius 2 is 1.81 bits per heavy atom. The molecule has 0 spiro atoms. The molecule has 164 valence electrons. The Morgan fingerprint density at radius 1 is 1.10 bits per heavy atom. The number of hydrogen-bond donors (Lipinski definition) is 2. The average molecular weight is 425 g/mol. The molecule has 1 aliphatic carbocycles. The SMILES string of the molecule is CN1CCN(CCC2=CCc3c2cccc3-n2ccnn2)CC1.O=C(O)C=CC(=O)O. The number of aromatic nitrogens is 3. The second-order valence-corrected chi connectivity index (χ2v) is 7.49. The molecule has 0 bridgehead atoms. The lowest BCUT2D eigenvalue weighted by atomic mass is 10.0. The lowest BCUT2D eigenvalue weighted by molar-refractivity contribution is -0.134. The number of carboxylic acids is 2. The van der Waals surface area contributed by atoms with E-state index in [-0.39, 0.29) is 0 Å². The van der Waals surface area contributed by atoms with Crippen LogP contribution in [0.3, 0.4) is 0 Å². The van der Waals surface area contributed by atoms with Crippen molar-refractivity contribution >= 4 is 17.5 Å². The van der Waals surface area contributed by atoms with E-state index in [4.69, 9.17) is 10.2 Å². The maximum atomic E-state index is 9.55. The Labute approximate surface area is 180 Å². The predicted octanol–water partition coefficient (Wildman–Crippen LogP) is 1.56. The molecule has 9 heteroatoms. The van der Waals surface area contributed by atoms with Gasteiger partial charge in [-0.15, -0.1) is 5.10 Å². The van der Waals surface area contributed by atoms with Crippen LogP contribution in [0.4, 0.5) is 0 Å². The smallest absolute Gasteiger partial charge is 0.328 e. The van der Waals surface area contributed by atoms with E-state index in [2.05, 4.69) is 51.4 Å². The molecule has 2 heterocycles. The molecule has 1 aliphatic heterocycles. The van der Waals surface area contributed by atoms with Crippen molar-refractivity contribution in [2.24, 2.45) is 0 Å². The Balaban J connectivity index is 0.000000293. The lowest BCUT2D eigenvalue weighted by Gasteiger charge is -2.32. The summed E-state index contributed by atoms with van der Waals surface area (Å²) in [6.07, 6.45) is 9.29. The Bertz CT molecular complexity index is 944. The topological polar surface area (TPSA) is 112 Å². The van der Waals surface area contributed by atoms with Crippen molar-refractivity contribution in [1.82, 2.24) is 24.8 Å². The fraction of sp³-hybridized carbons (Fsp3) is 0.364. The molecular formula is C22H27N5O4. The van der Waals surface area contributed by atoms with Gasteiger partial charge in [0.25, 0.3) is 0 Å². The standard InChI is InChI=1S/C18H23N5.C4H4O4/c1-21-11-13-22(14-12-21)9-7-15-5-6-17-16(15)3-2-4-18(17)23-10-8-19-20-23;5-3(6)1-2-4(7)8/h2-5,8,10H,6-7,9,11-14H2,1H3;1-2H,(H,5,6)(H,7,8). The summed E-state index contributed by atoms with van der Waals surface area (Å²) in [5, 5.41) is 23.7. The average Bonchev–Trinajstić information content (AvgIpc) is 3.42. The molecule has 2 aromatic rings. The van der Waals surface area contributed by atoms with Crippen LogP contribution in [0.1, 0.15) is 17.5 Å². The molecule has 0 unspecified atom stereocenters. The number of carboxylic acid groups (broad SMARTS) is 2. The molecule has 0 atom stereocenters. The zero-order valence-electron chi connectivity index (χ0n) is 17.5. The van der Waals surface area contributed by atoms with Crippen LogP contribution in [0.5, 0.6) is 0 Å². The van der Waals surface area contributed by atoms with Crippen molar-refractivity contribution in [2.75, 3.05) is 39.8 Å².